The lowest BCUT2D eigenvalue weighted by Crippen LogP contribution is -2.23. The molecule has 0 bridgehead atoms. The highest BCUT2D eigenvalue weighted by atomic mass is 16.6. The molecule has 0 aliphatic heterocycles. The van der Waals surface area contributed by atoms with E-state index in [1.54, 1.807) is 36.4 Å². The molecule has 27 heavy (non-hydrogen) atoms. The molecule has 0 radical (unpaired) electrons. The Bertz CT molecular complexity index is 1040. The summed E-state index contributed by atoms with van der Waals surface area (Å²) in [5.41, 5.74) is 0.0482. The van der Waals surface area contributed by atoms with Gasteiger partial charge in [0.2, 0.25) is 0 Å². The first-order valence-corrected chi connectivity index (χ1v) is 7.84. The molecular weight excluding hydrogens is 350 g/mol. The van der Waals surface area contributed by atoms with Crippen LogP contribution in [0.5, 0.6) is 0 Å². The number of carbonyl (C=O) groups is 1. The number of hydrogen-bond donors (Lipinski definition) is 1. The number of benzene rings is 1. The van der Waals surface area contributed by atoms with Crippen molar-refractivity contribution in [3.05, 3.63) is 82.0 Å². The number of hydrogen-bond acceptors (Lipinski definition) is 6. The van der Waals surface area contributed by atoms with Gasteiger partial charge in [0, 0.05) is 12.1 Å². The van der Waals surface area contributed by atoms with Crippen LogP contribution in [-0.4, -0.2) is 10.8 Å². The van der Waals surface area contributed by atoms with Crippen LogP contribution < -0.4 is 5.32 Å². The molecule has 3 rings (SSSR count). The van der Waals surface area contributed by atoms with Gasteiger partial charge in [-0.3, -0.25) is 14.9 Å². The van der Waals surface area contributed by atoms with Crippen LogP contribution in [0.25, 0.3) is 17.4 Å². The van der Waals surface area contributed by atoms with Crippen molar-refractivity contribution < 1.29 is 18.6 Å². The molecule has 0 saturated carbocycles. The zero-order valence-electron chi connectivity index (χ0n) is 13.9. The Morgan fingerprint density at radius 3 is 2.74 bits per heavy atom. The zero-order valence-corrected chi connectivity index (χ0v) is 13.9. The van der Waals surface area contributed by atoms with Crippen molar-refractivity contribution in [3.63, 3.8) is 0 Å². The molecule has 8 heteroatoms. The first kappa shape index (κ1) is 17.7. The fraction of sp³-hybridized carbons (Fsp3) is 0.0526. The molecule has 0 fully saturated rings. The quantitative estimate of drug-likeness (QED) is 0.308. The molecule has 1 amide bonds. The van der Waals surface area contributed by atoms with Crippen molar-refractivity contribution in [1.29, 1.82) is 5.26 Å². The van der Waals surface area contributed by atoms with E-state index in [2.05, 4.69) is 5.32 Å². The number of para-hydroxylation sites is 1. The van der Waals surface area contributed by atoms with Crippen LogP contribution in [0, 0.1) is 21.4 Å². The molecule has 1 N–H and O–H groups in total. The van der Waals surface area contributed by atoms with Crippen molar-refractivity contribution in [3.8, 4) is 17.4 Å². The van der Waals surface area contributed by atoms with Crippen LogP contribution in [-0.2, 0) is 11.3 Å². The highest BCUT2D eigenvalue weighted by Crippen LogP contribution is 2.31. The fourth-order valence-corrected chi connectivity index (χ4v) is 2.38. The lowest BCUT2D eigenvalue weighted by atomic mass is 10.1. The van der Waals surface area contributed by atoms with Gasteiger partial charge in [-0.25, -0.2) is 0 Å². The third-order valence-electron chi connectivity index (χ3n) is 3.65. The standard InChI is InChI=1S/C19H13N3O5/c20-11-13(19(23)21-12-15-4-3-9-26-15)10-14-7-8-18(27-14)16-5-1-2-6-17(16)22(24)25/h1-10H,12H2,(H,21,23)/b13-10-. The minimum atomic E-state index is -0.586. The summed E-state index contributed by atoms with van der Waals surface area (Å²) in [5, 5.41) is 22.9. The number of nitro benzene ring substituents is 1. The number of amides is 1. The molecule has 0 spiro atoms. The minimum absolute atomic E-state index is 0.0981. The summed E-state index contributed by atoms with van der Waals surface area (Å²) in [7, 11) is 0. The van der Waals surface area contributed by atoms with E-state index in [0.29, 0.717) is 11.3 Å². The molecule has 0 saturated heterocycles. The number of carbonyl (C=O) groups excluding carboxylic acids is 1. The Hall–Kier alpha value is -4.12. The van der Waals surface area contributed by atoms with Crippen molar-refractivity contribution in [2.45, 2.75) is 6.54 Å². The van der Waals surface area contributed by atoms with Gasteiger partial charge in [0.15, 0.2) is 0 Å². The predicted molar refractivity (Wildman–Crippen MR) is 94.9 cm³/mol. The van der Waals surface area contributed by atoms with Gasteiger partial charge in [0.05, 0.1) is 23.3 Å². The Kier molecular flexibility index (Phi) is 5.14. The van der Waals surface area contributed by atoms with Gasteiger partial charge in [-0.1, -0.05) is 12.1 Å². The number of nitriles is 1. The normalized spacial score (nSPS) is 11.0. The molecule has 0 unspecified atom stereocenters. The zero-order chi connectivity index (χ0) is 19.2. The van der Waals surface area contributed by atoms with Gasteiger partial charge < -0.3 is 14.2 Å². The monoisotopic (exact) mass is 363 g/mol. The smallest absolute Gasteiger partial charge is 0.280 e. The predicted octanol–water partition coefficient (Wildman–Crippen LogP) is 3.67. The third kappa shape index (κ3) is 4.11. The summed E-state index contributed by atoms with van der Waals surface area (Å²) >= 11 is 0. The van der Waals surface area contributed by atoms with Crippen molar-refractivity contribution in [2.24, 2.45) is 0 Å². The van der Waals surface area contributed by atoms with Crippen LogP contribution in [0.4, 0.5) is 5.69 Å². The largest absolute Gasteiger partial charge is 0.467 e. The van der Waals surface area contributed by atoms with Gasteiger partial charge in [-0.05, 0) is 30.3 Å². The van der Waals surface area contributed by atoms with Gasteiger partial charge in [0.25, 0.3) is 11.6 Å². The molecule has 0 aliphatic rings. The topological polar surface area (TPSA) is 122 Å². The molecule has 2 heterocycles. The van der Waals surface area contributed by atoms with Gasteiger partial charge >= 0.3 is 0 Å². The molecule has 0 aliphatic carbocycles. The fourth-order valence-electron chi connectivity index (χ4n) is 2.38. The maximum Gasteiger partial charge on any atom is 0.280 e. The summed E-state index contributed by atoms with van der Waals surface area (Å²) in [6.45, 7) is 0.143. The average Bonchev–Trinajstić information content (AvgIpc) is 3.36. The van der Waals surface area contributed by atoms with E-state index < -0.39 is 10.8 Å². The summed E-state index contributed by atoms with van der Waals surface area (Å²) in [5.74, 6) is 0.463. The first-order chi connectivity index (χ1) is 13.1. The summed E-state index contributed by atoms with van der Waals surface area (Å²) < 4.78 is 10.7. The van der Waals surface area contributed by atoms with Gasteiger partial charge in [0.1, 0.15) is 28.9 Å². The van der Waals surface area contributed by atoms with E-state index in [1.165, 1.54) is 24.5 Å². The van der Waals surface area contributed by atoms with Crippen molar-refractivity contribution in [1.82, 2.24) is 5.32 Å². The number of nitro groups is 1. The van der Waals surface area contributed by atoms with E-state index in [1.807, 2.05) is 6.07 Å². The minimum Gasteiger partial charge on any atom is -0.467 e. The molecular formula is C19H13N3O5. The Labute approximate surface area is 153 Å². The summed E-state index contributed by atoms with van der Waals surface area (Å²) in [6.07, 6.45) is 2.76. The van der Waals surface area contributed by atoms with Crippen LogP contribution in [0.3, 0.4) is 0 Å². The first-order valence-electron chi connectivity index (χ1n) is 7.84. The lowest BCUT2D eigenvalue weighted by Gasteiger charge is -2.01. The van der Waals surface area contributed by atoms with Gasteiger partial charge in [-0.2, -0.15) is 5.26 Å². The second kappa shape index (κ2) is 7.84. The molecule has 134 valence electrons. The van der Waals surface area contributed by atoms with E-state index >= 15 is 0 Å². The maximum atomic E-state index is 12.1. The van der Waals surface area contributed by atoms with Crippen LogP contribution in [0.2, 0.25) is 0 Å². The Balaban J connectivity index is 1.80. The van der Waals surface area contributed by atoms with Crippen LogP contribution >= 0.6 is 0 Å². The average molecular weight is 363 g/mol. The molecule has 8 nitrogen and oxygen atoms in total. The van der Waals surface area contributed by atoms with Crippen molar-refractivity contribution >= 4 is 17.7 Å². The number of nitrogens with zero attached hydrogens (tertiary/aromatic N) is 2. The molecule has 2 aromatic heterocycles. The highest BCUT2D eigenvalue weighted by molar-refractivity contribution is 6.01. The maximum absolute atomic E-state index is 12.1. The lowest BCUT2D eigenvalue weighted by molar-refractivity contribution is -0.384. The number of nitrogens with one attached hydrogen (secondary N) is 1. The Morgan fingerprint density at radius 2 is 2.04 bits per heavy atom. The van der Waals surface area contributed by atoms with E-state index in [4.69, 9.17) is 8.83 Å². The van der Waals surface area contributed by atoms with E-state index in [0.717, 1.165) is 0 Å². The summed E-state index contributed by atoms with van der Waals surface area (Å²) in [4.78, 5) is 22.7. The Morgan fingerprint density at radius 1 is 1.22 bits per heavy atom. The van der Waals surface area contributed by atoms with Crippen LogP contribution in [0.15, 0.2) is 69.2 Å². The number of rotatable bonds is 6. The van der Waals surface area contributed by atoms with E-state index in [-0.39, 0.29) is 29.3 Å². The van der Waals surface area contributed by atoms with Crippen LogP contribution in [0.1, 0.15) is 11.5 Å². The second-order valence-corrected chi connectivity index (χ2v) is 5.41. The highest BCUT2D eigenvalue weighted by Gasteiger charge is 2.17. The number of furan rings is 2. The second-order valence-electron chi connectivity index (χ2n) is 5.41. The van der Waals surface area contributed by atoms with Gasteiger partial charge in [-0.15, -0.1) is 0 Å². The molecule has 0 atom stereocenters. The molecule has 1 aromatic carbocycles. The van der Waals surface area contributed by atoms with Crippen molar-refractivity contribution in [2.75, 3.05) is 0 Å². The third-order valence-corrected chi connectivity index (χ3v) is 3.65. The SMILES string of the molecule is N#C/C(=C/c1ccc(-c2ccccc2[N+](=O)[O-])o1)C(=O)NCc1ccco1. The van der Waals surface area contributed by atoms with E-state index in [9.17, 15) is 20.2 Å². The molecule has 3 aromatic rings. The summed E-state index contributed by atoms with van der Waals surface area (Å²) in [6, 6.07) is 14.4.